The van der Waals surface area contributed by atoms with Crippen molar-refractivity contribution < 1.29 is 9.59 Å². The van der Waals surface area contributed by atoms with E-state index in [9.17, 15) is 9.59 Å². The zero-order chi connectivity index (χ0) is 21.4. The van der Waals surface area contributed by atoms with Crippen molar-refractivity contribution in [3.05, 3.63) is 29.8 Å². The Morgan fingerprint density at radius 3 is 2.23 bits per heavy atom. The van der Waals surface area contributed by atoms with Crippen molar-refractivity contribution in [2.24, 2.45) is 23.2 Å². The van der Waals surface area contributed by atoms with Crippen LogP contribution in [0.25, 0.3) is 0 Å². The minimum Gasteiger partial charge on any atom is -0.370 e. The molecule has 4 aliphatic carbocycles. The molecule has 5 aliphatic rings. The smallest absolute Gasteiger partial charge is 0.226 e. The van der Waals surface area contributed by atoms with Gasteiger partial charge in [0.2, 0.25) is 11.8 Å². The van der Waals surface area contributed by atoms with Crippen molar-refractivity contribution in [2.75, 3.05) is 37.6 Å². The highest BCUT2D eigenvalue weighted by atomic mass is 16.2. The van der Waals surface area contributed by atoms with Gasteiger partial charge in [-0.05, 0) is 81.8 Å². The normalized spacial score (nSPS) is 32.1. The van der Waals surface area contributed by atoms with E-state index in [4.69, 9.17) is 0 Å². The van der Waals surface area contributed by atoms with Gasteiger partial charge in [-0.1, -0.05) is 17.7 Å². The average molecular weight is 424 g/mol. The number of rotatable bonds is 5. The molecule has 1 aliphatic heterocycles. The Kier molecular flexibility index (Phi) is 5.70. The third kappa shape index (κ3) is 4.33. The van der Waals surface area contributed by atoms with Gasteiger partial charge in [-0.25, -0.2) is 0 Å². The lowest BCUT2D eigenvalue weighted by Gasteiger charge is -2.55. The number of anilines is 1. The van der Waals surface area contributed by atoms with E-state index in [0.717, 1.165) is 69.6 Å². The minimum absolute atomic E-state index is 0.116. The van der Waals surface area contributed by atoms with Crippen molar-refractivity contribution in [3.63, 3.8) is 0 Å². The minimum atomic E-state index is -0.116. The summed E-state index contributed by atoms with van der Waals surface area (Å²) >= 11 is 0. The number of amides is 2. The van der Waals surface area contributed by atoms with Crippen LogP contribution >= 0.6 is 0 Å². The molecular weight excluding hydrogens is 386 g/mol. The van der Waals surface area contributed by atoms with Crippen LogP contribution in [0.2, 0.25) is 0 Å². The summed E-state index contributed by atoms with van der Waals surface area (Å²) in [5.41, 5.74) is 2.39. The second-order valence-corrected chi connectivity index (χ2v) is 10.8. The number of carbonyl (C=O) groups excluding carboxylic acids is 2. The SMILES string of the molecule is Cc1ccc(N2CCCN(C(=O)CCNC(=O)C34CC5CC(CC(C5)C3)C4)CC2)cc1. The quantitative estimate of drug-likeness (QED) is 0.785. The van der Waals surface area contributed by atoms with Gasteiger partial charge >= 0.3 is 0 Å². The van der Waals surface area contributed by atoms with E-state index in [2.05, 4.69) is 41.4 Å². The molecule has 5 heteroatoms. The summed E-state index contributed by atoms with van der Waals surface area (Å²) in [4.78, 5) is 30.3. The van der Waals surface area contributed by atoms with Crippen molar-refractivity contribution in [1.82, 2.24) is 10.2 Å². The maximum Gasteiger partial charge on any atom is 0.226 e. The van der Waals surface area contributed by atoms with Crippen LogP contribution in [0.5, 0.6) is 0 Å². The molecular formula is C26H37N3O2. The third-order valence-electron chi connectivity index (χ3n) is 8.39. The Labute approximate surface area is 186 Å². The lowest BCUT2D eigenvalue weighted by atomic mass is 9.49. The van der Waals surface area contributed by atoms with Crippen molar-refractivity contribution in [2.45, 2.75) is 58.3 Å². The molecule has 4 bridgehead atoms. The number of hydrogen-bond donors (Lipinski definition) is 1. The molecule has 0 radical (unpaired) electrons. The van der Waals surface area contributed by atoms with Gasteiger partial charge in [-0.15, -0.1) is 0 Å². The number of hydrogen-bond acceptors (Lipinski definition) is 3. The highest BCUT2D eigenvalue weighted by molar-refractivity contribution is 5.84. The number of carbonyl (C=O) groups is 2. The summed E-state index contributed by atoms with van der Waals surface area (Å²) < 4.78 is 0. The molecule has 1 aromatic rings. The van der Waals surface area contributed by atoms with E-state index in [1.807, 2.05) is 4.90 Å². The molecule has 1 N–H and O–H groups in total. The summed E-state index contributed by atoms with van der Waals surface area (Å²) in [6, 6.07) is 8.64. The summed E-state index contributed by atoms with van der Waals surface area (Å²) in [6.07, 6.45) is 8.69. The molecule has 0 atom stereocenters. The first-order valence-corrected chi connectivity index (χ1v) is 12.4. The van der Waals surface area contributed by atoms with E-state index in [1.165, 1.54) is 30.5 Å². The Morgan fingerprint density at radius 1 is 0.935 bits per heavy atom. The molecule has 5 fully saturated rings. The summed E-state index contributed by atoms with van der Waals surface area (Å²) in [5.74, 6) is 2.73. The first-order chi connectivity index (χ1) is 15.0. The summed E-state index contributed by atoms with van der Waals surface area (Å²) in [6.45, 7) is 6.01. The van der Waals surface area contributed by atoms with Crippen molar-refractivity contribution >= 4 is 17.5 Å². The Balaban J connectivity index is 1.09. The lowest BCUT2D eigenvalue weighted by Crippen LogP contribution is -2.53. The Morgan fingerprint density at radius 2 is 1.58 bits per heavy atom. The van der Waals surface area contributed by atoms with E-state index in [-0.39, 0.29) is 17.2 Å². The van der Waals surface area contributed by atoms with E-state index in [1.54, 1.807) is 0 Å². The highest BCUT2D eigenvalue weighted by Crippen LogP contribution is 2.60. The van der Waals surface area contributed by atoms with Crippen molar-refractivity contribution in [3.8, 4) is 0 Å². The maximum absolute atomic E-state index is 13.1. The first-order valence-electron chi connectivity index (χ1n) is 12.4. The van der Waals surface area contributed by atoms with Crippen LogP contribution in [0.1, 0.15) is 56.9 Å². The number of nitrogens with one attached hydrogen (secondary N) is 1. The molecule has 5 nitrogen and oxygen atoms in total. The first kappa shape index (κ1) is 20.8. The molecule has 4 saturated carbocycles. The molecule has 2 amide bonds. The average Bonchev–Trinajstić information content (AvgIpc) is 2.99. The lowest BCUT2D eigenvalue weighted by molar-refractivity contribution is -0.146. The second kappa shape index (κ2) is 8.48. The standard InChI is InChI=1S/C26H37N3O2/c1-19-3-5-23(6-4-19)28-9-2-10-29(12-11-28)24(30)7-8-27-25(31)26-16-20-13-21(17-26)15-22(14-20)18-26/h3-6,20-22H,2,7-18H2,1H3,(H,27,31). The monoisotopic (exact) mass is 423 g/mol. The van der Waals surface area contributed by atoms with Gasteiger partial charge in [0.05, 0.1) is 0 Å². The predicted octanol–water partition coefficient (Wildman–Crippen LogP) is 3.76. The second-order valence-electron chi connectivity index (χ2n) is 10.8. The fourth-order valence-corrected chi connectivity index (χ4v) is 7.20. The molecule has 0 aromatic heterocycles. The van der Waals surface area contributed by atoms with Crippen LogP contribution in [-0.4, -0.2) is 49.4 Å². The number of nitrogens with zero attached hydrogens (tertiary/aromatic N) is 2. The van der Waals surface area contributed by atoms with Gasteiger partial charge in [0.1, 0.15) is 0 Å². The molecule has 31 heavy (non-hydrogen) atoms. The van der Waals surface area contributed by atoms with Gasteiger partial charge in [0.15, 0.2) is 0 Å². The van der Waals surface area contributed by atoms with E-state index < -0.39 is 0 Å². The van der Waals surface area contributed by atoms with Gasteiger partial charge < -0.3 is 15.1 Å². The van der Waals surface area contributed by atoms with Crippen LogP contribution in [-0.2, 0) is 9.59 Å². The molecule has 1 heterocycles. The zero-order valence-corrected chi connectivity index (χ0v) is 18.9. The van der Waals surface area contributed by atoms with Crippen LogP contribution < -0.4 is 10.2 Å². The molecule has 6 rings (SSSR count). The Hall–Kier alpha value is -2.04. The number of benzene rings is 1. The van der Waals surface area contributed by atoms with Gasteiger partial charge in [0.25, 0.3) is 0 Å². The summed E-state index contributed by atoms with van der Waals surface area (Å²) in [7, 11) is 0. The van der Waals surface area contributed by atoms with E-state index in [0.29, 0.717) is 13.0 Å². The van der Waals surface area contributed by atoms with Gasteiger partial charge in [-0.3, -0.25) is 9.59 Å². The molecule has 0 spiro atoms. The molecule has 0 unspecified atom stereocenters. The summed E-state index contributed by atoms with van der Waals surface area (Å²) in [5, 5.41) is 3.17. The molecule has 168 valence electrons. The molecule has 1 aromatic carbocycles. The largest absolute Gasteiger partial charge is 0.370 e. The van der Waals surface area contributed by atoms with Crippen molar-refractivity contribution in [1.29, 1.82) is 0 Å². The predicted molar refractivity (Wildman–Crippen MR) is 123 cm³/mol. The van der Waals surface area contributed by atoms with E-state index >= 15 is 0 Å². The van der Waals surface area contributed by atoms with Gasteiger partial charge in [-0.2, -0.15) is 0 Å². The van der Waals surface area contributed by atoms with Crippen LogP contribution in [0.3, 0.4) is 0 Å². The van der Waals surface area contributed by atoms with Crippen LogP contribution in [0.4, 0.5) is 5.69 Å². The van der Waals surface area contributed by atoms with Gasteiger partial charge in [0, 0.05) is 50.2 Å². The Bertz CT molecular complexity index is 783. The number of aryl methyl sites for hydroxylation is 1. The highest BCUT2D eigenvalue weighted by Gasteiger charge is 2.54. The maximum atomic E-state index is 13.1. The van der Waals surface area contributed by atoms with Crippen LogP contribution in [0.15, 0.2) is 24.3 Å². The molecule has 1 saturated heterocycles. The topological polar surface area (TPSA) is 52.6 Å². The zero-order valence-electron chi connectivity index (χ0n) is 18.9. The van der Waals surface area contributed by atoms with Crippen LogP contribution in [0, 0.1) is 30.1 Å². The third-order valence-corrected chi connectivity index (χ3v) is 8.39. The fourth-order valence-electron chi connectivity index (χ4n) is 7.20. The fraction of sp³-hybridized carbons (Fsp3) is 0.692.